The molecule has 2 atom stereocenters. The van der Waals surface area contributed by atoms with Crippen LogP contribution in [0.1, 0.15) is 31.4 Å². The number of benzene rings is 1. The van der Waals surface area contributed by atoms with Gasteiger partial charge in [-0.15, -0.1) is 0 Å². The molecule has 2 aliphatic heterocycles. The van der Waals surface area contributed by atoms with Gasteiger partial charge in [0, 0.05) is 18.1 Å². The molecule has 4 nitrogen and oxygen atoms in total. The lowest BCUT2D eigenvalue weighted by Gasteiger charge is -2.41. The van der Waals surface area contributed by atoms with E-state index in [4.69, 9.17) is 16.3 Å². The first-order valence-corrected chi connectivity index (χ1v) is 8.33. The molecule has 0 spiro atoms. The molecule has 2 fully saturated rings. The van der Waals surface area contributed by atoms with Gasteiger partial charge < -0.3 is 15.0 Å². The summed E-state index contributed by atoms with van der Waals surface area (Å²) < 4.78 is 5.85. The Kier molecular flexibility index (Phi) is 4.71. The number of carbonyl (C=O) groups excluding carboxylic acids is 1. The van der Waals surface area contributed by atoms with E-state index in [0.717, 1.165) is 31.5 Å². The van der Waals surface area contributed by atoms with Gasteiger partial charge in [-0.25, -0.2) is 0 Å². The summed E-state index contributed by atoms with van der Waals surface area (Å²) in [5.74, 6) is 0.252. The summed E-state index contributed by atoms with van der Waals surface area (Å²) in [5, 5.41) is 4.07. The van der Waals surface area contributed by atoms with Crippen LogP contribution in [-0.4, -0.2) is 43.6 Å². The Bertz CT molecular complexity index is 526. The first-order valence-electron chi connectivity index (χ1n) is 7.96. The third kappa shape index (κ3) is 3.29. The Morgan fingerprint density at radius 2 is 2.18 bits per heavy atom. The number of nitrogens with one attached hydrogen (secondary N) is 1. The number of hydrogen-bond donors (Lipinski definition) is 1. The van der Waals surface area contributed by atoms with Crippen molar-refractivity contribution < 1.29 is 9.53 Å². The van der Waals surface area contributed by atoms with Gasteiger partial charge >= 0.3 is 0 Å². The Morgan fingerprint density at radius 1 is 1.41 bits per heavy atom. The van der Waals surface area contributed by atoms with E-state index in [1.54, 1.807) is 0 Å². The van der Waals surface area contributed by atoms with E-state index in [0.29, 0.717) is 24.7 Å². The van der Waals surface area contributed by atoms with E-state index in [1.165, 1.54) is 0 Å². The Balaban J connectivity index is 1.69. The highest BCUT2D eigenvalue weighted by Crippen LogP contribution is 2.31. The normalized spacial score (nSPS) is 29.4. The predicted molar refractivity (Wildman–Crippen MR) is 86.9 cm³/mol. The summed E-state index contributed by atoms with van der Waals surface area (Å²) in [7, 11) is 0. The van der Waals surface area contributed by atoms with Gasteiger partial charge in [0.05, 0.1) is 18.6 Å². The molecule has 2 saturated heterocycles. The summed E-state index contributed by atoms with van der Waals surface area (Å²) in [6.45, 7) is 5.75. The maximum absolute atomic E-state index is 12.9. The van der Waals surface area contributed by atoms with Crippen molar-refractivity contribution in [3.8, 4) is 0 Å². The third-order valence-corrected chi connectivity index (χ3v) is 4.96. The van der Waals surface area contributed by atoms with Crippen LogP contribution < -0.4 is 5.32 Å². The molecule has 3 rings (SSSR count). The van der Waals surface area contributed by atoms with Crippen molar-refractivity contribution >= 4 is 17.5 Å². The molecule has 2 unspecified atom stereocenters. The van der Waals surface area contributed by atoms with E-state index in [1.807, 2.05) is 29.2 Å². The highest BCUT2D eigenvalue weighted by atomic mass is 35.5. The zero-order chi connectivity index (χ0) is 15.6. The van der Waals surface area contributed by atoms with Gasteiger partial charge in [0.1, 0.15) is 6.10 Å². The minimum atomic E-state index is -0.278. The molecular formula is C17H23ClN2O2. The topological polar surface area (TPSA) is 41.6 Å². The minimum absolute atomic E-state index is 0.0601. The average molecular weight is 323 g/mol. The molecule has 1 amide bonds. The van der Waals surface area contributed by atoms with Crippen molar-refractivity contribution in [1.29, 1.82) is 0 Å². The van der Waals surface area contributed by atoms with Gasteiger partial charge in [-0.1, -0.05) is 23.7 Å². The fourth-order valence-corrected chi connectivity index (χ4v) is 3.46. The first-order chi connectivity index (χ1) is 10.6. The standard InChI is InChI=1S/C17H23ClN2O2/c1-17(7-2-8-19-12-17)16(21)20-9-10-22-15(11-20)13-3-5-14(18)6-4-13/h3-6,15,19H,2,7-12H2,1H3. The van der Waals surface area contributed by atoms with E-state index >= 15 is 0 Å². The monoisotopic (exact) mass is 322 g/mol. The average Bonchev–Trinajstić information content (AvgIpc) is 2.56. The molecule has 2 heterocycles. The summed E-state index contributed by atoms with van der Waals surface area (Å²) in [6, 6.07) is 7.69. The number of carbonyl (C=O) groups is 1. The van der Waals surface area contributed by atoms with Crippen LogP contribution in [0.3, 0.4) is 0 Å². The van der Waals surface area contributed by atoms with Crippen LogP contribution in [0, 0.1) is 5.41 Å². The zero-order valence-electron chi connectivity index (χ0n) is 13.0. The van der Waals surface area contributed by atoms with Crippen LogP contribution in [0.5, 0.6) is 0 Å². The van der Waals surface area contributed by atoms with Crippen molar-refractivity contribution in [3.05, 3.63) is 34.9 Å². The highest BCUT2D eigenvalue weighted by molar-refractivity contribution is 6.30. The number of morpholine rings is 1. The smallest absolute Gasteiger partial charge is 0.229 e. The highest BCUT2D eigenvalue weighted by Gasteiger charge is 2.39. The second-order valence-electron chi connectivity index (χ2n) is 6.50. The fourth-order valence-electron chi connectivity index (χ4n) is 3.33. The van der Waals surface area contributed by atoms with Crippen LogP contribution >= 0.6 is 11.6 Å². The molecule has 0 saturated carbocycles. The summed E-state index contributed by atoms with van der Waals surface area (Å²) in [6.07, 6.45) is 1.96. The molecule has 0 aromatic heterocycles. The van der Waals surface area contributed by atoms with Crippen molar-refractivity contribution in [2.75, 3.05) is 32.8 Å². The number of nitrogens with zero attached hydrogens (tertiary/aromatic N) is 1. The number of amides is 1. The van der Waals surface area contributed by atoms with Gasteiger partial charge in [0.2, 0.25) is 5.91 Å². The van der Waals surface area contributed by atoms with Crippen LogP contribution in [0.25, 0.3) is 0 Å². The molecule has 2 aliphatic rings. The quantitative estimate of drug-likeness (QED) is 0.910. The second kappa shape index (κ2) is 6.57. The van der Waals surface area contributed by atoms with Crippen molar-refractivity contribution in [2.45, 2.75) is 25.9 Å². The summed E-state index contributed by atoms with van der Waals surface area (Å²) >= 11 is 5.94. The predicted octanol–water partition coefficient (Wildman–Crippen LogP) is 2.63. The van der Waals surface area contributed by atoms with Gasteiger partial charge in [-0.3, -0.25) is 4.79 Å². The second-order valence-corrected chi connectivity index (χ2v) is 6.94. The van der Waals surface area contributed by atoms with Crippen LogP contribution in [0.2, 0.25) is 5.02 Å². The minimum Gasteiger partial charge on any atom is -0.370 e. The van der Waals surface area contributed by atoms with Crippen molar-refractivity contribution in [2.24, 2.45) is 5.41 Å². The van der Waals surface area contributed by atoms with Crippen LogP contribution in [-0.2, 0) is 9.53 Å². The van der Waals surface area contributed by atoms with Gasteiger partial charge in [0.25, 0.3) is 0 Å². The molecule has 1 aromatic rings. The lowest BCUT2D eigenvalue weighted by Crippen LogP contribution is -2.53. The SMILES string of the molecule is CC1(C(=O)N2CCOC(c3ccc(Cl)cc3)C2)CCCNC1. The van der Waals surface area contributed by atoms with Gasteiger partial charge in [-0.05, 0) is 44.0 Å². The number of piperidine rings is 1. The van der Waals surface area contributed by atoms with E-state index in [9.17, 15) is 4.79 Å². The van der Waals surface area contributed by atoms with Gasteiger partial charge in [0.15, 0.2) is 0 Å². The van der Waals surface area contributed by atoms with Gasteiger partial charge in [-0.2, -0.15) is 0 Å². The maximum atomic E-state index is 12.9. The molecule has 1 N–H and O–H groups in total. The largest absolute Gasteiger partial charge is 0.370 e. The number of halogens is 1. The Hall–Kier alpha value is -1.10. The molecule has 120 valence electrons. The summed E-state index contributed by atoms with van der Waals surface area (Å²) in [4.78, 5) is 14.9. The number of hydrogen-bond acceptors (Lipinski definition) is 3. The molecule has 0 aliphatic carbocycles. The molecule has 1 aromatic carbocycles. The first kappa shape index (κ1) is 15.8. The molecule has 22 heavy (non-hydrogen) atoms. The molecule has 0 bridgehead atoms. The van der Waals surface area contributed by atoms with Crippen molar-refractivity contribution in [3.63, 3.8) is 0 Å². The molecule has 5 heteroatoms. The molecule has 0 radical (unpaired) electrons. The molecular weight excluding hydrogens is 300 g/mol. The van der Waals surface area contributed by atoms with Crippen molar-refractivity contribution in [1.82, 2.24) is 10.2 Å². The van der Waals surface area contributed by atoms with Crippen LogP contribution in [0.15, 0.2) is 24.3 Å². The maximum Gasteiger partial charge on any atom is 0.229 e. The summed E-state index contributed by atoms with van der Waals surface area (Å²) in [5.41, 5.74) is 0.800. The zero-order valence-corrected chi connectivity index (χ0v) is 13.7. The fraction of sp³-hybridized carbons (Fsp3) is 0.588. The lowest BCUT2D eigenvalue weighted by molar-refractivity contribution is -0.150. The Morgan fingerprint density at radius 3 is 2.86 bits per heavy atom. The Labute approximate surface area is 136 Å². The third-order valence-electron chi connectivity index (χ3n) is 4.71. The van der Waals surface area contributed by atoms with E-state index in [-0.39, 0.29) is 17.4 Å². The lowest BCUT2D eigenvalue weighted by atomic mass is 9.81. The van der Waals surface area contributed by atoms with E-state index < -0.39 is 0 Å². The number of rotatable bonds is 2. The van der Waals surface area contributed by atoms with Crippen LogP contribution in [0.4, 0.5) is 0 Å². The number of ether oxygens (including phenoxy) is 1. The van der Waals surface area contributed by atoms with E-state index in [2.05, 4.69) is 12.2 Å².